The molecule has 25 heavy (non-hydrogen) atoms. The second kappa shape index (κ2) is 9.42. The van der Waals surface area contributed by atoms with Crippen LogP contribution < -0.4 is 16.0 Å². The quantitative estimate of drug-likeness (QED) is 0.524. The van der Waals surface area contributed by atoms with E-state index in [4.69, 9.17) is 4.74 Å². The van der Waals surface area contributed by atoms with Gasteiger partial charge in [0.05, 0.1) is 5.60 Å². The van der Waals surface area contributed by atoms with Gasteiger partial charge < -0.3 is 20.7 Å². The molecule has 138 valence electrons. The SMILES string of the molecule is CCCC(=O)Nc1ccc(CNC(=NC)NCC2(C)CCCO2)cc1. The number of nitrogens with one attached hydrogen (secondary N) is 3. The number of hydrogen-bond donors (Lipinski definition) is 3. The zero-order chi connectivity index (χ0) is 18.1. The number of benzene rings is 1. The minimum atomic E-state index is -0.101. The van der Waals surface area contributed by atoms with Crippen molar-refractivity contribution in [3.63, 3.8) is 0 Å². The minimum absolute atomic E-state index is 0.0561. The third-order valence-electron chi connectivity index (χ3n) is 4.33. The first-order chi connectivity index (χ1) is 12.0. The average molecular weight is 346 g/mol. The molecule has 1 fully saturated rings. The molecule has 0 bridgehead atoms. The van der Waals surface area contributed by atoms with E-state index in [0.717, 1.165) is 49.6 Å². The van der Waals surface area contributed by atoms with Crippen LogP contribution in [0.15, 0.2) is 29.3 Å². The molecule has 1 heterocycles. The highest BCUT2D eigenvalue weighted by Crippen LogP contribution is 2.23. The van der Waals surface area contributed by atoms with Crippen molar-refractivity contribution in [3.05, 3.63) is 29.8 Å². The van der Waals surface area contributed by atoms with E-state index >= 15 is 0 Å². The van der Waals surface area contributed by atoms with Crippen LogP contribution in [-0.4, -0.2) is 37.7 Å². The van der Waals surface area contributed by atoms with E-state index in [1.54, 1.807) is 7.05 Å². The molecule has 6 nitrogen and oxygen atoms in total. The summed E-state index contributed by atoms with van der Waals surface area (Å²) in [6, 6.07) is 7.86. The van der Waals surface area contributed by atoms with Crippen LogP contribution >= 0.6 is 0 Å². The maximum absolute atomic E-state index is 11.6. The van der Waals surface area contributed by atoms with Crippen molar-refractivity contribution in [1.29, 1.82) is 0 Å². The lowest BCUT2D eigenvalue weighted by molar-refractivity contribution is -0.116. The Balaban J connectivity index is 1.78. The summed E-state index contributed by atoms with van der Waals surface area (Å²) in [6.07, 6.45) is 3.59. The van der Waals surface area contributed by atoms with Crippen LogP contribution in [0.4, 0.5) is 5.69 Å². The molecule has 1 amide bonds. The van der Waals surface area contributed by atoms with E-state index in [0.29, 0.717) is 13.0 Å². The Hall–Kier alpha value is -2.08. The van der Waals surface area contributed by atoms with Crippen molar-refractivity contribution in [1.82, 2.24) is 10.6 Å². The zero-order valence-corrected chi connectivity index (χ0v) is 15.5. The van der Waals surface area contributed by atoms with E-state index in [1.165, 1.54) is 0 Å². The topological polar surface area (TPSA) is 74.8 Å². The average Bonchev–Trinajstić information content (AvgIpc) is 3.03. The summed E-state index contributed by atoms with van der Waals surface area (Å²) in [7, 11) is 1.76. The van der Waals surface area contributed by atoms with Crippen LogP contribution in [0.25, 0.3) is 0 Å². The second-order valence-corrected chi connectivity index (χ2v) is 6.68. The molecule has 1 saturated heterocycles. The largest absolute Gasteiger partial charge is 0.373 e. The van der Waals surface area contributed by atoms with Gasteiger partial charge in [-0.2, -0.15) is 0 Å². The van der Waals surface area contributed by atoms with Crippen LogP contribution in [0.2, 0.25) is 0 Å². The first-order valence-electron chi connectivity index (χ1n) is 9.02. The monoisotopic (exact) mass is 346 g/mol. The van der Waals surface area contributed by atoms with Crippen molar-refractivity contribution in [2.75, 3.05) is 25.5 Å². The van der Waals surface area contributed by atoms with Gasteiger partial charge in [0.25, 0.3) is 0 Å². The Morgan fingerprint density at radius 1 is 1.28 bits per heavy atom. The molecule has 0 aromatic heterocycles. The molecular formula is C19H30N4O2. The highest BCUT2D eigenvalue weighted by Gasteiger charge is 2.29. The van der Waals surface area contributed by atoms with Gasteiger partial charge in [-0.05, 0) is 43.9 Å². The fourth-order valence-electron chi connectivity index (χ4n) is 2.81. The van der Waals surface area contributed by atoms with Crippen molar-refractivity contribution < 1.29 is 9.53 Å². The number of rotatable bonds is 7. The molecule has 3 N–H and O–H groups in total. The number of aliphatic imine (C=N–C) groups is 1. The molecule has 0 radical (unpaired) electrons. The molecule has 1 atom stereocenters. The highest BCUT2D eigenvalue weighted by atomic mass is 16.5. The number of ether oxygens (including phenoxy) is 1. The number of carbonyl (C=O) groups excluding carboxylic acids is 1. The van der Waals surface area contributed by atoms with Crippen molar-refractivity contribution >= 4 is 17.6 Å². The molecule has 6 heteroatoms. The first kappa shape index (κ1) is 19.2. The number of anilines is 1. The van der Waals surface area contributed by atoms with Gasteiger partial charge in [-0.25, -0.2) is 0 Å². The molecule has 2 rings (SSSR count). The molecule has 1 aliphatic rings. The Morgan fingerprint density at radius 3 is 2.64 bits per heavy atom. The summed E-state index contributed by atoms with van der Waals surface area (Å²) in [4.78, 5) is 15.9. The zero-order valence-electron chi connectivity index (χ0n) is 15.5. The van der Waals surface area contributed by atoms with Gasteiger partial charge >= 0.3 is 0 Å². The van der Waals surface area contributed by atoms with E-state index in [1.807, 2.05) is 31.2 Å². The summed E-state index contributed by atoms with van der Waals surface area (Å²) in [5, 5.41) is 9.53. The normalized spacial score (nSPS) is 20.4. The lowest BCUT2D eigenvalue weighted by Crippen LogP contribution is -2.45. The second-order valence-electron chi connectivity index (χ2n) is 6.68. The smallest absolute Gasteiger partial charge is 0.224 e. The standard InChI is InChI=1S/C19H30N4O2/c1-4-6-17(24)23-16-9-7-15(8-10-16)13-21-18(20-3)22-14-19(2)11-5-12-25-19/h7-10H,4-6,11-14H2,1-3H3,(H,23,24)(H2,20,21,22). The number of amides is 1. The number of guanidine groups is 1. The Bertz CT molecular complexity index is 578. The van der Waals surface area contributed by atoms with E-state index < -0.39 is 0 Å². The van der Waals surface area contributed by atoms with Crippen LogP contribution in [0.3, 0.4) is 0 Å². The Labute approximate surface area is 150 Å². The van der Waals surface area contributed by atoms with Gasteiger partial charge in [0.2, 0.25) is 5.91 Å². The van der Waals surface area contributed by atoms with Gasteiger partial charge in [-0.15, -0.1) is 0 Å². The number of carbonyl (C=O) groups is 1. The van der Waals surface area contributed by atoms with Crippen molar-refractivity contribution in [2.45, 2.75) is 51.7 Å². The van der Waals surface area contributed by atoms with Crippen molar-refractivity contribution in [2.24, 2.45) is 4.99 Å². The van der Waals surface area contributed by atoms with Crippen LogP contribution in [0.1, 0.15) is 45.1 Å². The van der Waals surface area contributed by atoms with Crippen LogP contribution in [0.5, 0.6) is 0 Å². The lowest BCUT2D eigenvalue weighted by Gasteiger charge is -2.24. The third kappa shape index (κ3) is 6.38. The fourth-order valence-corrected chi connectivity index (χ4v) is 2.81. The minimum Gasteiger partial charge on any atom is -0.373 e. The third-order valence-corrected chi connectivity index (χ3v) is 4.33. The first-order valence-corrected chi connectivity index (χ1v) is 9.02. The molecule has 1 aliphatic heterocycles. The molecule has 1 aromatic carbocycles. The summed E-state index contributed by atoms with van der Waals surface area (Å²) in [6.45, 7) is 6.38. The fraction of sp³-hybridized carbons (Fsp3) is 0.579. The number of nitrogens with zero attached hydrogens (tertiary/aromatic N) is 1. The Kier molecular flexibility index (Phi) is 7.25. The predicted molar refractivity (Wildman–Crippen MR) is 102 cm³/mol. The van der Waals surface area contributed by atoms with Gasteiger partial charge in [0.15, 0.2) is 5.96 Å². The predicted octanol–water partition coefficient (Wildman–Crippen LogP) is 2.66. The highest BCUT2D eigenvalue weighted by molar-refractivity contribution is 5.90. The van der Waals surface area contributed by atoms with Gasteiger partial charge in [-0.1, -0.05) is 19.1 Å². The Morgan fingerprint density at radius 2 is 2.04 bits per heavy atom. The van der Waals surface area contributed by atoms with Gasteiger partial charge in [-0.3, -0.25) is 9.79 Å². The van der Waals surface area contributed by atoms with Crippen LogP contribution in [-0.2, 0) is 16.1 Å². The van der Waals surface area contributed by atoms with E-state index in [9.17, 15) is 4.79 Å². The number of hydrogen-bond acceptors (Lipinski definition) is 3. The molecule has 0 aliphatic carbocycles. The molecule has 0 saturated carbocycles. The molecule has 1 aromatic rings. The lowest BCUT2D eigenvalue weighted by atomic mass is 10.0. The molecule has 1 unspecified atom stereocenters. The summed E-state index contributed by atoms with van der Waals surface area (Å²) < 4.78 is 5.78. The van der Waals surface area contributed by atoms with Crippen molar-refractivity contribution in [3.8, 4) is 0 Å². The molecular weight excluding hydrogens is 316 g/mol. The van der Waals surface area contributed by atoms with E-state index in [2.05, 4.69) is 27.9 Å². The van der Waals surface area contributed by atoms with E-state index in [-0.39, 0.29) is 11.5 Å². The summed E-state index contributed by atoms with van der Waals surface area (Å²) >= 11 is 0. The van der Waals surface area contributed by atoms with Crippen LogP contribution in [0, 0.1) is 0 Å². The summed E-state index contributed by atoms with van der Waals surface area (Å²) in [5.74, 6) is 0.817. The van der Waals surface area contributed by atoms with Gasteiger partial charge in [0, 0.05) is 38.9 Å². The molecule has 0 spiro atoms. The van der Waals surface area contributed by atoms with Gasteiger partial charge in [0.1, 0.15) is 0 Å². The maximum Gasteiger partial charge on any atom is 0.224 e. The summed E-state index contributed by atoms with van der Waals surface area (Å²) in [5.41, 5.74) is 1.85. The maximum atomic E-state index is 11.6.